The van der Waals surface area contributed by atoms with E-state index in [1.807, 2.05) is 42.6 Å². The fraction of sp³-hybridized carbons (Fsp3) is 0.348. The molecule has 0 bridgehead atoms. The monoisotopic (exact) mass is 412 g/mol. The summed E-state index contributed by atoms with van der Waals surface area (Å²) in [6.45, 7) is 1.35. The highest BCUT2D eigenvalue weighted by molar-refractivity contribution is 5.84. The van der Waals surface area contributed by atoms with Crippen LogP contribution >= 0.6 is 0 Å². The third kappa shape index (κ3) is 4.79. The molecule has 1 aliphatic heterocycles. The van der Waals surface area contributed by atoms with Crippen molar-refractivity contribution < 1.29 is 23.7 Å². The maximum Gasteiger partial charge on any atom is 0.230 e. The first-order valence-corrected chi connectivity index (χ1v) is 9.78. The van der Waals surface area contributed by atoms with Crippen LogP contribution in [0, 0.1) is 0 Å². The predicted molar refractivity (Wildman–Crippen MR) is 117 cm³/mol. The molecule has 7 heteroatoms. The Bertz CT molecular complexity index is 926. The second kappa shape index (κ2) is 9.91. The molecule has 0 saturated heterocycles. The number of carbonyl (C=O) groups is 1. The fourth-order valence-electron chi connectivity index (χ4n) is 3.39. The Hall–Kier alpha value is -3.35. The Labute approximate surface area is 177 Å². The Morgan fingerprint density at radius 1 is 0.900 bits per heavy atom. The van der Waals surface area contributed by atoms with Crippen molar-refractivity contribution in [2.75, 3.05) is 46.8 Å². The standard InChI is InChI=1S/C23H28N2O5/c1-27-19-7-6-18(15-22(19)30-4)24-9-5-10-25-11-8-16-12-20(28-2)21(29-3)13-17(16)14-23(25)26/h6-8,11-13,15,24H,5,9-10,14H2,1-4H3. The summed E-state index contributed by atoms with van der Waals surface area (Å²) < 4.78 is 21.3. The van der Waals surface area contributed by atoms with Crippen LogP contribution < -0.4 is 24.3 Å². The van der Waals surface area contributed by atoms with E-state index in [0.29, 0.717) is 36.0 Å². The van der Waals surface area contributed by atoms with Gasteiger partial charge in [0.05, 0.1) is 34.9 Å². The highest BCUT2D eigenvalue weighted by Gasteiger charge is 2.19. The van der Waals surface area contributed by atoms with E-state index >= 15 is 0 Å². The number of fused-ring (bicyclic) bond motifs is 1. The lowest BCUT2D eigenvalue weighted by molar-refractivity contribution is -0.127. The lowest BCUT2D eigenvalue weighted by Crippen LogP contribution is -2.28. The van der Waals surface area contributed by atoms with Crippen LogP contribution in [-0.2, 0) is 11.2 Å². The van der Waals surface area contributed by atoms with Crippen LogP contribution in [0.2, 0.25) is 0 Å². The lowest BCUT2D eigenvalue weighted by atomic mass is 10.0. The molecule has 0 spiro atoms. The van der Waals surface area contributed by atoms with Crippen molar-refractivity contribution >= 4 is 17.7 Å². The minimum absolute atomic E-state index is 0.0586. The molecule has 0 aliphatic carbocycles. The van der Waals surface area contributed by atoms with Gasteiger partial charge in [0.2, 0.25) is 5.91 Å². The largest absolute Gasteiger partial charge is 0.493 e. The Kier molecular flexibility index (Phi) is 7.06. The zero-order valence-corrected chi connectivity index (χ0v) is 17.9. The second-order valence-electron chi connectivity index (χ2n) is 6.84. The van der Waals surface area contributed by atoms with Gasteiger partial charge in [-0.3, -0.25) is 4.79 Å². The van der Waals surface area contributed by atoms with Gasteiger partial charge in [0.1, 0.15) is 0 Å². The van der Waals surface area contributed by atoms with Crippen molar-refractivity contribution in [3.63, 3.8) is 0 Å². The van der Waals surface area contributed by atoms with Crippen LogP contribution in [0.5, 0.6) is 23.0 Å². The summed E-state index contributed by atoms with van der Waals surface area (Å²) in [5, 5.41) is 3.36. The van der Waals surface area contributed by atoms with Crippen molar-refractivity contribution in [3.05, 3.63) is 47.7 Å². The van der Waals surface area contributed by atoms with E-state index in [-0.39, 0.29) is 5.91 Å². The van der Waals surface area contributed by atoms with E-state index in [2.05, 4.69) is 5.32 Å². The number of anilines is 1. The first-order valence-electron chi connectivity index (χ1n) is 9.78. The second-order valence-corrected chi connectivity index (χ2v) is 6.84. The normalized spacial score (nSPS) is 12.8. The number of benzene rings is 2. The van der Waals surface area contributed by atoms with Gasteiger partial charge in [0.15, 0.2) is 23.0 Å². The number of nitrogens with zero attached hydrogens (tertiary/aromatic N) is 1. The van der Waals surface area contributed by atoms with Crippen LogP contribution in [0.4, 0.5) is 5.69 Å². The Morgan fingerprint density at radius 3 is 2.27 bits per heavy atom. The fourth-order valence-corrected chi connectivity index (χ4v) is 3.39. The number of hydrogen-bond donors (Lipinski definition) is 1. The Balaban J connectivity index is 1.58. The zero-order valence-electron chi connectivity index (χ0n) is 17.9. The van der Waals surface area contributed by atoms with Crippen molar-refractivity contribution in [1.29, 1.82) is 0 Å². The van der Waals surface area contributed by atoms with Gasteiger partial charge in [-0.2, -0.15) is 0 Å². The van der Waals surface area contributed by atoms with Crippen LogP contribution in [0.25, 0.3) is 6.08 Å². The summed E-state index contributed by atoms with van der Waals surface area (Å²) in [6, 6.07) is 9.48. The number of carbonyl (C=O) groups excluding carboxylic acids is 1. The number of amides is 1. The third-order valence-electron chi connectivity index (χ3n) is 5.03. The minimum Gasteiger partial charge on any atom is -0.493 e. The van der Waals surface area contributed by atoms with Gasteiger partial charge in [-0.1, -0.05) is 0 Å². The van der Waals surface area contributed by atoms with Crippen LogP contribution in [-0.4, -0.2) is 52.3 Å². The molecule has 0 unspecified atom stereocenters. The molecule has 1 N–H and O–H groups in total. The van der Waals surface area contributed by atoms with Gasteiger partial charge >= 0.3 is 0 Å². The Morgan fingerprint density at radius 2 is 1.57 bits per heavy atom. The molecule has 0 fully saturated rings. The van der Waals surface area contributed by atoms with E-state index < -0.39 is 0 Å². The molecule has 0 saturated carbocycles. The predicted octanol–water partition coefficient (Wildman–Crippen LogP) is 3.58. The molecule has 2 aromatic rings. The topological polar surface area (TPSA) is 69.3 Å². The highest BCUT2D eigenvalue weighted by atomic mass is 16.5. The highest BCUT2D eigenvalue weighted by Crippen LogP contribution is 2.33. The molecular weight excluding hydrogens is 384 g/mol. The molecule has 0 radical (unpaired) electrons. The van der Waals surface area contributed by atoms with Crippen LogP contribution in [0.3, 0.4) is 0 Å². The van der Waals surface area contributed by atoms with Gasteiger partial charge in [-0.15, -0.1) is 0 Å². The summed E-state index contributed by atoms with van der Waals surface area (Å²) in [4.78, 5) is 14.5. The van der Waals surface area contributed by atoms with E-state index in [4.69, 9.17) is 18.9 Å². The van der Waals surface area contributed by atoms with Gasteiger partial charge < -0.3 is 29.2 Å². The summed E-state index contributed by atoms with van der Waals surface area (Å²) in [6.07, 6.45) is 4.92. The maximum atomic E-state index is 12.7. The zero-order chi connectivity index (χ0) is 21.5. The average Bonchev–Trinajstić information content (AvgIpc) is 2.93. The van der Waals surface area contributed by atoms with E-state index in [1.165, 1.54) is 0 Å². The number of nitrogens with one attached hydrogen (secondary N) is 1. The van der Waals surface area contributed by atoms with E-state index in [0.717, 1.165) is 29.8 Å². The lowest BCUT2D eigenvalue weighted by Gasteiger charge is -2.18. The average molecular weight is 412 g/mol. The van der Waals surface area contributed by atoms with E-state index in [9.17, 15) is 4.79 Å². The molecule has 3 rings (SSSR count). The number of rotatable bonds is 9. The summed E-state index contributed by atoms with van der Waals surface area (Å²) >= 11 is 0. The molecule has 0 atom stereocenters. The van der Waals surface area contributed by atoms with Crippen molar-refractivity contribution in [2.45, 2.75) is 12.8 Å². The molecule has 1 heterocycles. The van der Waals surface area contributed by atoms with Gasteiger partial charge in [-0.05, 0) is 47.9 Å². The first kappa shape index (κ1) is 21.4. The molecule has 160 valence electrons. The van der Waals surface area contributed by atoms with Crippen LogP contribution in [0.1, 0.15) is 17.5 Å². The minimum atomic E-state index is 0.0586. The summed E-state index contributed by atoms with van der Waals surface area (Å²) in [7, 11) is 6.42. The molecule has 2 aromatic carbocycles. The van der Waals surface area contributed by atoms with Crippen molar-refractivity contribution in [2.24, 2.45) is 0 Å². The van der Waals surface area contributed by atoms with E-state index in [1.54, 1.807) is 33.3 Å². The molecule has 0 aromatic heterocycles. The van der Waals surface area contributed by atoms with Gasteiger partial charge in [-0.25, -0.2) is 0 Å². The number of methoxy groups -OCH3 is 4. The maximum absolute atomic E-state index is 12.7. The summed E-state index contributed by atoms with van der Waals surface area (Å²) in [5.74, 6) is 2.71. The molecular formula is C23H28N2O5. The summed E-state index contributed by atoms with van der Waals surface area (Å²) in [5.41, 5.74) is 2.84. The molecule has 1 amide bonds. The van der Waals surface area contributed by atoms with Crippen molar-refractivity contribution in [3.8, 4) is 23.0 Å². The molecule has 1 aliphatic rings. The van der Waals surface area contributed by atoms with Gasteiger partial charge in [0.25, 0.3) is 0 Å². The quantitative estimate of drug-likeness (QED) is 0.635. The van der Waals surface area contributed by atoms with Crippen LogP contribution in [0.15, 0.2) is 36.5 Å². The number of ether oxygens (including phenoxy) is 4. The first-order chi connectivity index (χ1) is 14.6. The van der Waals surface area contributed by atoms with Gasteiger partial charge in [0, 0.05) is 31.0 Å². The number of hydrogen-bond acceptors (Lipinski definition) is 6. The molecule has 7 nitrogen and oxygen atoms in total. The van der Waals surface area contributed by atoms with Crippen molar-refractivity contribution in [1.82, 2.24) is 4.90 Å². The third-order valence-corrected chi connectivity index (χ3v) is 5.03. The molecule has 30 heavy (non-hydrogen) atoms. The smallest absolute Gasteiger partial charge is 0.230 e. The SMILES string of the molecule is COc1ccc(NCCCN2C=Cc3cc(OC)c(OC)cc3CC2=O)cc1OC.